The van der Waals surface area contributed by atoms with Gasteiger partial charge in [0, 0.05) is 11.4 Å². The van der Waals surface area contributed by atoms with Crippen LogP contribution in [0.4, 0.5) is 0 Å². The van der Waals surface area contributed by atoms with E-state index in [-0.39, 0.29) is 5.91 Å². The lowest BCUT2D eigenvalue weighted by Crippen LogP contribution is -2.24. The highest BCUT2D eigenvalue weighted by atomic mass is 32.2. The number of amides is 1. The van der Waals surface area contributed by atoms with E-state index in [1.165, 1.54) is 21.8 Å². The molecular weight excluding hydrogens is 262 g/mol. The average Bonchev–Trinajstić information content (AvgIpc) is 2.93. The summed E-state index contributed by atoms with van der Waals surface area (Å²) < 4.78 is 0. The van der Waals surface area contributed by atoms with Crippen LogP contribution in [0.3, 0.4) is 0 Å². The highest BCUT2D eigenvalue weighted by Gasteiger charge is 2.06. The molecule has 0 fully saturated rings. The van der Waals surface area contributed by atoms with Crippen LogP contribution in [0.15, 0.2) is 46.7 Å². The Morgan fingerprint density at radius 1 is 1.28 bits per heavy atom. The number of carbonyl (C=O) groups excluding carboxylic acids is 1. The molecular formula is C14H15NOS2. The Bertz CT molecular complexity index is 508. The summed E-state index contributed by atoms with van der Waals surface area (Å²) in [5, 5.41) is 4.86. The van der Waals surface area contributed by atoms with Crippen molar-refractivity contribution in [2.45, 2.75) is 11.3 Å². The van der Waals surface area contributed by atoms with Gasteiger partial charge in [-0.1, -0.05) is 24.3 Å². The maximum Gasteiger partial charge on any atom is 0.261 e. The topological polar surface area (TPSA) is 29.1 Å². The van der Waals surface area contributed by atoms with Crippen molar-refractivity contribution in [1.82, 2.24) is 5.32 Å². The Morgan fingerprint density at radius 2 is 2.11 bits per heavy atom. The zero-order valence-electron chi connectivity index (χ0n) is 10.2. The zero-order valence-corrected chi connectivity index (χ0v) is 11.8. The second kappa shape index (κ2) is 6.61. The third-order valence-corrected chi connectivity index (χ3v) is 4.32. The van der Waals surface area contributed by atoms with Gasteiger partial charge in [-0.3, -0.25) is 4.79 Å². The lowest BCUT2D eigenvalue weighted by Gasteiger charge is -2.07. The van der Waals surface area contributed by atoms with Gasteiger partial charge in [-0.05, 0) is 35.8 Å². The molecule has 0 unspecified atom stereocenters. The molecule has 2 rings (SSSR count). The summed E-state index contributed by atoms with van der Waals surface area (Å²) in [4.78, 5) is 13.8. The quantitative estimate of drug-likeness (QED) is 0.848. The van der Waals surface area contributed by atoms with Gasteiger partial charge in [0.2, 0.25) is 0 Å². The van der Waals surface area contributed by atoms with Crippen LogP contribution in [-0.2, 0) is 6.42 Å². The summed E-state index contributed by atoms with van der Waals surface area (Å²) in [5.74, 6) is 0.0200. The number of nitrogens with one attached hydrogen (secondary N) is 1. The van der Waals surface area contributed by atoms with Gasteiger partial charge in [-0.25, -0.2) is 0 Å². The molecule has 94 valence electrons. The van der Waals surface area contributed by atoms with E-state index in [1.807, 2.05) is 29.6 Å². The predicted molar refractivity (Wildman–Crippen MR) is 78.6 cm³/mol. The van der Waals surface area contributed by atoms with E-state index in [9.17, 15) is 4.79 Å². The number of hydrogen-bond acceptors (Lipinski definition) is 3. The number of hydrogen-bond donors (Lipinski definition) is 1. The summed E-state index contributed by atoms with van der Waals surface area (Å²) in [5.41, 5.74) is 1.29. The van der Waals surface area contributed by atoms with Gasteiger partial charge >= 0.3 is 0 Å². The molecule has 0 spiro atoms. The minimum Gasteiger partial charge on any atom is -0.351 e. The molecule has 0 aliphatic rings. The van der Waals surface area contributed by atoms with Crippen LogP contribution >= 0.6 is 23.1 Å². The number of thiophene rings is 1. The van der Waals surface area contributed by atoms with Gasteiger partial charge in [0.25, 0.3) is 5.91 Å². The fourth-order valence-corrected chi connectivity index (χ4v) is 3.00. The minimum atomic E-state index is 0.0200. The lowest BCUT2D eigenvalue weighted by atomic mass is 10.1. The SMILES string of the molecule is CSc1ccccc1CCNC(=O)c1cccs1. The third kappa shape index (κ3) is 3.37. The van der Waals surface area contributed by atoms with Crippen molar-refractivity contribution in [1.29, 1.82) is 0 Å². The molecule has 4 heteroatoms. The molecule has 0 radical (unpaired) electrons. The smallest absolute Gasteiger partial charge is 0.261 e. The summed E-state index contributed by atoms with van der Waals surface area (Å²) in [6.07, 6.45) is 2.94. The highest BCUT2D eigenvalue weighted by Crippen LogP contribution is 2.19. The van der Waals surface area contributed by atoms with Gasteiger partial charge in [0.15, 0.2) is 0 Å². The third-order valence-electron chi connectivity index (χ3n) is 2.62. The Morgan fingerprint density at radius 3 is 2.83 bits per heavy atom. The first-order valence-electron chi connectivity index (χ1n) is 5.75. The maximum atomic E-state index is 11.7. The molecule has 0 saturated heterocycles. The summed E-state index contributed by atoms with van der Waals surface area (Å²) in [6, 6.07) is 12.0. The standard InChI is InChI=1S/C14H15NOS2/c1-17-12-6-3-2-5-11(12)8-9-15-14(16)13-7-4-10-18-13/h2-7,10H,8-9H2,1H3,(H,15,16). The van der Waals surface area contributed by atoms with Crippen molar-refractivity contribution in [3.8, 4) is 0 Å². The molecule has 0 aliphatic carbocycles. The molecule has 0 atom stereocenters. The van der Waals surface area contributed by atoms with Crippen LogP contribution < -0.4 is 5.32 Å². The van der Waals surface area contributed by atoms with Crippen LogP contribution in [0.2, 0.25) is 0 Å². The van der Waals surface area contributed by atoms with Crippen LogP contribution in [0.25, 0.3) is 0 Å². The number of benzene rings is 1. The summed E-state index contributed by atoms with van der Waals surface area (Å²) in [6.45, 7) is 0.675. The Kier molecular flexibility index (Phi) is 4.84. The molecule has 1 amide bonds. The van der Waals surface area contributed by atoms with Crippen molar-refractivity contribution >= 4 is 29.0 Å². The molecule has 0 aliphatic heterocycles. The second-order valence-corrected chi connectivity index (χ2v) is 5.59. The molecule has 1 N–H and O–H groups in total. The van der Waals surface area contributed by atoms with Crippen molar-refractivity contribution < 1.29 is 4.79 Å². The number of rotatable bonds is 5. The van der Waals surface area contributed by atoms with Gasteiger partial charge < -0.3 is 5.32 Å². The van der Waals surface area contributed by atoms with Gasteiger partial charge in [-0.2, -0.15) is 0 Å². The summed E-state index contributed by atoms with van der Waals surface area (Å²) >= 11 is 3.21. The minimum absolute atomic E-state index is 0.0200. The van der Waals surface area contributed by atoms with Crippen molar-refractivity contribution in [2.75, 3.05) is 12.8 Å². The first kappa shape index (κ1) is 13.2. The van der Waals surface area contributed by atoms with Crippen LogP contribution in [0.5, 0.6) is 0 Å². The molecule has 0 saturated carbocycles. The van der Waals surface area contributed by atoms with E-state index < -0.39 is 0 Å². The monoisotopic (exact) mass is 277 g/mol. The van der Waals surface area contributed by atoms with E-state index in [0.717, 1.165) is 11.3 Å². The Balaban J connectivity index is 1.87. The molecule has 1 heterocycles. The fraction of sp³-hybridized carbons (Fsp3) is 0.214. The maximum absolute atomic E-state index is 11.7. The van der Waals surface area contributed by atoms with E-state index in [4.69, 9.17) is 0 Å². The summed E-state index contributed by atoms with van der Waals surface area (Å²) in [7, 11) is 0. The Hall–Kier alpha value is -1.26. The predicted octanol–water partition coefficient (Wildman–Crippen LogP) is 3.44. The molecule has 2 aromatic rings. The first-order valence-corrected chi connectivity index (χ1v) is 7.85. The van der Waals surface area contributed by atoms with E-state index in [1.54, 1.807) is 11.8 Å². The molecule has 1 aromatic carbocycles. The normalized spacial score (nSPS) is 10.3. The molecule has 18 heavy (non-hydrogen) atoms. The van der Waals surface area contributed by atoms with E-state index in [0.29, 0.717) is 6.54 Å². The molecule has 1 aromatic heterocycles. The van der Waals surface area contributed by atoms with Crippen LogP contribution in [0, 0.1) is 0 Å². The number of thioether (sulfide) groups is 1. The first-order chi connectivity index (χ1) is 8.81. The zero-order chi connectivity index (χ0) is 12.8. The lowest BCUT2D eigenvalue weighted by molar-refractivity contribution is 0.0958. The van der Waals surface area contributed by atoms with Gasteiger partial charge in [-0.15, -0.1) is 23.1 Å². The largest absolute Gasteiger partial charge is 0.351 e. The Labute approximate surface area is 115 Å². The van der Waals surface area contributed by atoms with Gasteiger partial charge in [0.05, 0.1) is 4.88 Å². The van der Waals surface area contributed by atoms with Crippen LogP contribution in [-0.4, -0.2) is 18.7 Å². The highest BCUT2D eigenvalue weighted by molar-refractivity contribution is 7.98. The van der Waals surface area contributed by atoms with E-state index >= 15 is 0 Å². The van der Waals surface area contributed by atoms with Gasteiger partial charge in [0.1, 0.15) is 0 Å². The molecule has 2 nitrogen and oxygen atoms in total. The van der Waals surface area contributed by atoms with Crippen molar-refractivity contribution in [3.05, 3.63) is 52.2 Å². The number of carbonyl (C=O) groups is 1. The average molecular weight is 277 g/mol. The fourth-order valence-electron chi connectivity index (χ4n) is 1.72. The van der Waals surface area contributed by atoms with Crippen LogP contribution in [0.1, 0.15) is 15.2 Å². The van der Waals surface area contributed by atoms with Crippen molar-refractivity contribution in [2.24, 2.45) is 0 Å². The molecule has 0 bridgehead atoms. The van der Waals surface area contributed by atoms with Crippen molar-refractivity contribution in [3.63, 3.8) is 0 Å². The van der Waals surface area contributed by atoms with E-state index in [2.05, 4.69) is 23.7 Å². The second-order valence-electron chi connectivity index (χ2n) is 3.80.